The van der Waals surface area contributed by atoms with E-state index in [9.17, 15) is 13.2 Å². The molecule has 0 aromatic carbocycles. The Morgan fingerprint density at radius 1 is 1.25 bits per heavy atom. The van der Waals surface area contributed by atoms with E-state index >= 15 is 0 Å². The first-order valence-corrected chi connectivity index (χ1v) is 5.95. The van der Waals surface area contributed by atoms with Gasteiger partial charge in [0.25, 0.3) is 5.95 Å². The van der Waals surface area contributed by atoms with Crippen LogP contribution in [-0.2, 0) is 0 Å². The molecule has 0 fully saturated rings. The Hall–Kier alpha value is -2.03. The molecule has 1 unspecified atom stereocenters. The Kier molecular flexibility index (Phi) is 4.28. The third-order valence-corrected chi connectivity index (χ3v) is 2.56. The summed E-state index contributed by atoms with van der Waals surface area (Å²) >= 11 is 0. The van der Waals surface area contributed by atoms with Gasteiger partial charge in [0.2, 0.25) is 0 Å². The zero-order valence-corrected chi connectivity index (χ0v) is 10.7. The fourth-order valence-electron chi connectivity index (χ4n) is 1.62. The number of alkyl halides is 3. The highest BCUT2D eigenvalue weighted by atomic mass is 19.4. The van der Waals surface area contributed by atoms with Crippen LogP contribution in [0.3, 0.4) is 0 Å². The van der Waals surface area contributed by atoms with Crippen molar-refractivity contribution in [1.29, 1.82) is 0 Å². The molecule has 0 amide bonds. The summed E-state index contributed by atoms with van der Waals surface area (Å²) < 4.78 is 37.7. The largest absolute Gasteiger partial charge is 0.390 e. The number of halogens is 3. The standard InChI is InChI=1S/C11H13F3N6/c1-8(15-6-3-11(12,13)14)9-18-7-19-20(9)10-16-4-2-5-17-10/h2,4-5,7-8,15H,3,6H2,1H3. The van der Waals surface area contributed by atoms with Gasteiger partial charge in [-0.05, 0) is 13.0 Å². The summed E-state index contributed by atoms with van der Waals surface area (Å²) in [6.07, 6.45) is -0.658. The summed E-state index contributed by atoms with van der Waals surface area (Å²) in [6.45, 7) is 1.52. The maximum atomic E-state index is 12.1. The Balaban J connectivity index is 2.05. The summed E-state index contributed by atoms with van der Waals surface area (Å²) in [5.74, 6) is 0.780. The van der Waals surface area contributed by atoms with Crippen molar-refractivity contribution in [3.8, 4) is 5.95 Å². The molecular weight excluding hydrogens is 273 g/mol. The van der Waals surface area contributed by atoms with Crippen molar-refractivity contribution in [2.24, 2.45) is 0 Å². The minimum atomic E-state index is -4.18. The minimum Gasteiger partial charge on any atom is -0.307 e. The Morgan fingerprint density at radius 2 is 1.95 bits per heavy atom. The maximum absolute atomic E-state index is 12.1. The van der Waals surface area contributed by atoms with Gasteiger partial charge in [-0.1, -0.05) is 0 Å². The monoisotopic (exact) mass is 286 g/mol. The molecule has 2 aromatic heterocycles. The zero-order chi connectivity index (χ0) is 14.6. The molecule has 0 spiro atoms. The molecule has 20 heavy (non-hydrogen) atoms. The van der Waals surface area contributed by atoms with Gasteiger partial charge in [-0.15, -0.1) is 0 Å². The molecule has 1 N–H and O–H groups in total. The van der Waals surface area contributed by atoms with Crippen LogP contribution in [0, 0.1) is 0 Å². The second-order valence-corrected chi connectivity index (χ2v) is 4.12. The number of rotatable bonds is 5. The first kappa shape index (κ1) is 14.4. The van der Waals surface area contributed by atoms with Gasteiger partial charge in [-0.25, -0.2) is 15.0 Å². The quantitative estimate of drug-likeness (QED) is 0.905. The molecule has 0 saturated heterocycles. The highest BCUT2D eigenvalue weighted by Gasteiger charge is 2.27. The van der Waals surface area contributed by atoms with Crippen LogP contribution in [-0.4, -0.2) is 37.5 Å². The van der Waals surface area contributed by atoms with E-state index in [0.717, 1.165) is 0 Å². The van der Waals surface area contributed by atoms with Gasteiger partial charge in [-0.2, -0.15) is 23.0 Å². The molecule has 0 aliphatic rings. The van der Waals surface area contributed by atoms with Crippen LogP contribution in [0.4, 0.5) is 13.2 Å². The summed E-state index contributed by atoms with van der Waals surface area (Å²) in [7, 11) is 0. The lowest BCUT2D eigenvalue weighted by atomic mass is 10.3. The molecule has 108 valence electrons. The zero-order valence-electron chi connectivity index (χ0n) is 10.7. The minimum absolute atomic E-state index is 0.187. The van der Waals surface area contributed by atoms with Crippen molar-refractivity contribution in [2.45, 2.75) is 25.6 Å². The van der Waals surface area contributed by atoms with Gasteiger partial charge in [0.1, 0.15) is 6.33 Å². The lowest BCUT2D eigenvalue weighted by Gasteiger charge is -2.14. The first-order chi connectivity index (χ1) is 9.47. The van der Waals surface area contributed by atoms with Gasteiger partial charge in [0, 0.05) is 18.9 Å². The van der Waals surface area contributed by atoms with Gasteiger partial charge in [0.15, 0.2) is 5.82 Å². The van der Waals surface area contributed by atoms with E-state index in [1.807, 2.05) is 0 Å². The summed E-state index contributed by atoms with van der Waals surface area (Å²) in [4.78, 5) is 12.1. The first-order valence-electron chi connectivity index (χ1n) is 5.95. The number of hydrogen-bond acceptors (Lipinski definition) is 5. The second-order valence-electron chi connectivity index (χ2n) is 4.12. The molecule has 0 radical (unpaired) electrons. The number of aromatic nitrogens is 5. The molecular formula is C11H13F3N6. The molecule has 0 aliphatic carbocycles. The molecule has 6 nitrogen and oxygen atoms in total. The SMILES string of the molecule is CC(NCCC(F)(F)F)c1ncnn1-c1ncccn1. The van der Waals surface area contributed by atoms with Crippen LogP contribution in [0.1, 0.15) is 25.2 Å². The lowest BCUT2D eigenvalue weighted by Crippen LogP contribution is -2.26. The maximum Gasteiger partial charge on any atom is 0.390 e. The van der Waals surface area contributed by atoms with E-state index in [1.165, 1.54) is 11.0 Å². The molecule has 2 aromatic rings. The second kappa shape index (κ2) is 5.95. The summed E-state index contributed by atoms with van der Waals surface area (Å²) in [5.41, 5.74) is 0. The van der Waals surface area contributed by atoms with Crippen molar-refractivity contribution in [3.05, 3.63) is 30.6 Å². The van der Waals surface area contributed by atoms with Gasteiger partial charge < -0.3 is 5.32 Å². The van der Waals surface area contributed by atoms with Gasteiger partial charge >= 0.3 is 6.18 Å². The molecule has 1 atom stereocenters. The van der Waals surface area contributed by atoms with E-state index in [-0.39, 0.29) is 6.54 Å². The van der Waals surface area contributed by atoms with Crippen LogP contribution in [0.25, 0.3) is 5.95 Å². The number of nitrogens with zero attached hydrogens (tertiary/aromatic N) is 5. The number of hydrogen-bond donors (Lipinski definition) is 1. The highest BCUT2D eigenvalue weighted by molar-refractivity contribution is 5.11. The van der Waals surface area contributed by atoms with Crippen molar-refractivity contribution >= 4 is 0 Å². The topological polar surface area (TPSA) is 68.5 Å². The van der Waals surface area contributed by atoms with Crippen LogP contribution in [0.5, 0.6) is 0 Å². The Bertz CT molecular complexity index is 539. The molecule has 0 bridgehead atoms. The molecule has 2 rings (SSSR count). The number of nitrogens with one attached hydrogen (secondary N) is 1. The van der Waals surface area contributed by atoms with E-state index in [0.29, 0.717) is 11.8 Å². The van der Waals surface area contributed by atoms with Crippen molar-refractivity contribution < 1.29 is 13.2 Å². The van der Waals surface area contributed by atoms with Crippen LogP contribution >= 0.6 is 0 Å². The fourth-order valence-corrected chi connectivity index (χ4v) is 1.62. The molecule has 0 saturated carbocycles. The lowest BCUT2D eigenvalue weighted by molar-refractivity contribution is -0.133. The average Bonchev–Trinajstić information content (AvgIpc) is 2.87. The third kappa shape index (κ3) is 3.73. The molecule has 2 heterocycles. The summed E-state index contributed by atoms with van der Waals surface area (Å²) in [6, 6.07) is 1.26. The predicted molar refractivity (Wildman–Crippen MR) is 64.0 cm³/mol. The van der Waals surface area contributed by atoms with Crippen LogP contribution in [0.15, 0.2) is 24.8 Å². The Morgan fingerprint density at radius 3 is 2.60 bits per heavy atom. The summed E-state index contributed by atoms with van der Waals surface area (Å²) in [5, 5.41) is 6.74. The van der Waals surface area contributed by atoms with Gasteiger partial charge in [0.05, 0.1) is 12.5 Å². The third-order valence-electron chi connectivity index (χ3n) is 2.56. The average molecular weight is 286 g/mol. The van der Waals surface area contributed by atoms with E-state index < -0.39 is 18.6 Å². The normalized spacial score (nSPS) is 13.4. The van der Waals surface area contributed by atoms with Crippen molar-refractivity contribution in [1.82, 2.24) is 30.0 Å². The predicted octanol–water partition coefficient (Wildman–Crippen LogP) is 1.66. The fraction of sp³-hybridized carbons (Fsp3) is 0.455. The van der Waals surface area contributed by atoms with Crippen molar-refractivity contribution in [2.75, 3.05) is 6.54 Å². The highest BCUT2D eigenvalue weighted by Crippen LogP contribution is 2.19. The van der Waals surface area contributed by atoms with Crippen molar-refractivity contribution in [3.63, 3.8) is 0 Å². The van der Waals surface area contributed by atoms with Crippen LogP contribution < -0.4 is 5.32 Å². The molecule has 9 heteroatoms. The van der Waals surface area contributed by atoms with E-state index in [1.54, 1.807) is 25.4 Å². The molecule has 0 aliphatic heterocycles. The Labute approximate surface area is 113 Å². The van der Waals surface area contributed by atoms with E-state index in [2.05, 4.69) is 25.4 Å². The van der Waals surface area contributed by atoms with Gasteiger partial charge in [-0.3, -0.25) is 0 Å². The smallest absolute Gasteiger partial charge is 0.307 e. The van der Waals surface area contributed by atoms with E-state index in [4.69, 9.17) is 0 Å². The van der Waals surface area contributed by atoms with Crippen LogP contribution in [0.2, 0.25) is 0 Å².